The molecule has 1 aromatic heterocycles. The predicted octanol–water partition coefficient (Wildman–Crippen LogP) is 0.300. The highest BCUT2D eigenvalue weighted by molar-refractivity contribution is 5.92. The van der Waals surface area contributed by atoms with Crippen LogP contribution in [-0.4, -0.2) is 54.3 Å². The molecule has 5 nitrogen and oxygen atoms in total. The number of amides is 1. The number of hydrogen-bond acceptors (Lipinski definition) is 4. The zero-order valence-corrected chi connectivity index (χ0v) is 9.76. The van der Waals surface area contributed by atoms with Crippen LogP contribution in [0.5, 0.6) is 0 Å². The van der Waals surface area contributed by atoms with Gasteiger partial charge in [-0.25, -0.2) is 4.98 Å². The summed E-state index contributed by atoms with van der Waals surface area (Å²) in [5, 5.41) is 9.46. The lowest BCUT2D eigenvalue weighted by Crippen LogP contribution is -2.36. The van der Waals surface area contributed by atoms with Crippen molar-refractivity contribution in [3.8, 4) is 0 Å². The van der Waals surface area contributed by atoms with Crippen molar-refractivity contribution in [3.05, 3.63) is 29.8 Å². The molecule has 0 aromatic carbocycles. The van der Waals surface area contributed by atoms with Gasteiger partial charge in [-0.2, -0.15) is 4.39 Å². The zero-order valence-electron chi connectivity index (χ0n) is 9.76. The first-order valence-electron chi connectivity index (χ1n) is 5.09. The molecular formula is C11H15FN2O3. The van der Waals surface area contributed by atoms with Gasteiger partial charge in [0.1, 0.15) is 5.69 Å². The highest BCUT2D eigenvalue weighted by Gasteiger charge is 2.16. The Labute approximate surface area is 98.8 Å². The molecule has 0 aliphatic carbocycles. The number of pyridine rings is 1. The second-order valence-corrected chi connectivity index (χ2v) is 3.64. The van der Waals surface area contributed by atoms with Crippen molar-refractivity contribution in [2.75, 3.05) is 27.3 Å². The van der Waals surface area contributed by atoms with E-state index in [4.69, 9.17) is 4.74 Å². The van der Waals surface area contributed by atoms with Crippen LogP contribution in [-0.2, 0) is 4.74 Å². The summed E-state index contributed by atoms with van der Waals surface area (Å²) in [4.78, 5) is 16.5. The van der Waals surface area contributed by atoms with Gasteiger partial charge >= 0.3 is 0 Å². The van der Waals surface area contributed by atoms with Crippen LogP contribution in [0.15, 0.2) is 18.2 Å². The number of ether oxygens (including phenoxy) is 1. The Balaban J connectivity index is 2.63. The van der Waals surface area contributed by atoms with E-state index in [0.717, 1.165) is 6.07 Å². The number of rotatable bonds is 5. The van der Waals surface area contributed by atoms with Crippen LogP contribution in [0.2, 0.25) is 0 Å². The summed E-state index contributed by atoms with van der Waals surface area (Å²) in [6.45, 7) is 0.235. The number of halogens is 1. The van der Waals surface area contributed by atoms with Gasteiger partial charge in [0.15, 0.2) is 0 Å². The van der Waals surface area contributed by atoms with Crippen LogP contribution in [0.4, 0.5) is 4.39 Å². The lowest BCUT2D eigenvalue weighted by Gasteiger charge is -2.19. The maximum atomic E-state index is 12.8. The molecule has 1 heterocycles. The standard InChI is InChI=1S/C11H15FN2O3/c1-14(6-8(15)7-17-2)11(16)9-4-3-5-10(12)13-9/h3-5,8,15H,6-7H2,1-2H3. The van der Waals surface area contributed by atoms with Gasteiger partial charge < -0.3 is 14.7 Å². The highest BCUT2D eigenvalue weighted by atomic mass is 19.1. The molecule has 0 saturated carbocycles. The summed E-state index contributed by atoms with van der Waals surface area (Å²) < 4.78 is 17.6. The largest absolute Gasteiger partial charge is 0.389 e. The van der Waals surface area contributed by atoms with Crippen molar-refractivity contribution in [2.45, 2.75) is 6.10 Å². The lowest BCUT2D eigenvalue weighted by atomic mass is 10.3. The number of likely N-dealkylation sites (N-methyl/N-ethyl adjacent to an activating group) is 1. The SMILES string of the molecule is COCC(O)CN(C)C(=O)c1cccc(F)n1. The van der Waals surface area contributed by atoms with E-state index in [9.17, 15) is 14.3 Å². The molecule has 0 aliphatic heterocycles. The molecule has 0 fully saturated rings. The number of carbonyl (C=O) groups is 1. The van der Waals surface area contributed by atoms with Crippen LogP contribution < -0.4 is 0 Å². The number of carbonyl (C=O) groups excluding carboxylic acids is 1. The summed E-state index contributed by atoms with van der Waals surface area (Å²) >= 11 is 0. The molecule has 1 unspecified atom stereocenters. The van der Waals surface area contributed by atoms with Crippen molar-refractivity contribution >= 4 is 5.91 Å². The summed E-state index contributed by atoms with van der Waals surface area (Å²) in [6, 6.07) is 4.00. The fourth-order valence-electron chi connectivity index (χ4n) is 1.37. The first-order chi connectivity index (χ1) is 8.04. The third kappa shape index (κ3) is 4.08. The van der Waals surface area contributed by atoms with E-state index in [-0.39, 0.29) is 18.8 Å². The molecule has 1 aromatic rings. The minimum atomic E-state index is -0.775. The van der Waals surface area contributed by atoms with Gasteiger partial charge in [0.25, 0.3) is 5.91 Å². The van der Waals surface area contributed by atoms with Gasteiger partial charge in [-0.15, -0.1) is 0 Å². The topological polar surface area (TPSA) is 62.7 Å². The minimum Gasteiger partial charge on any atom is -0.389 e. The fraction of sp³-hybridized carbons (Fsp3) is 0.455. The van der Waals surface area contributed by atoms with Gasteiger partial charge in [0, 0.05) is 20.7 Å². The Hall–Kier alpha value is -1.53. The molecule has 17 heavy (non-hydrogen) atoms. The minimum absolute atomic E-state index is 0.0112. The predicted molar refractivity (Wildman–Crippen MR) is 59.0 cm³/mol. The Kier molecular flexibility index (Phi) is 4.99. The lowest BCUT2D eigenvalue weighted by molar-refractivity contribution is 0.0377. The first kappa shape index (κ1) is 13.5. The van der Waals surface area contributed by atoms with Gasteiger partial charge in [0.05, 0.1) is 12.7 Å². The van der Waals surface area contributed by atoms with Gasteiger partial charge in [-0.3, -0.25) is 4.79 Å². The number of aromatic nitrogens is 1. The smallest absolute Gasteiger partial charge is 0.272 e. The molecule has 0 bridgehead atoms. The number of methoxy groups -OCH3 is 1. The molecule has 1 amide bonds. The van der Waals surface area contributed by atoms with E-state index in [2.05, 4.69) is 4.98 Å². The Morgan fingerprint density at radius 3 is 2.94 bits per heavy atom. The second kappa shape index (κ2) is 6.27. The van der Waals surface area contributed by atoms with E-state index in [0.29, 0.717) is 0 Å². The number of aliphatic hydroxyl groups excluding tert-OH is 1. The summed E-state index contributed by atoms with van der Waals surface area (Å²) in [6.07, 6.45) is -0.775. The number of aliphatic hydroxyl groups is 1. The van der Waals surface area contributed by atoms with Crippen LogP contribution in [0.3, 0.4) is 0 Å². The van der Waals surface area contributed by atoms with E-state index >= 15 is 0 Å². The van der Waals surface area contributed by atoms with Crippen LogP contribution in [0.25, 0.3) is 0 Å². The summed E-state index contributed by atoms with van der Waals surface area (Å²) in [5.74, 6) is -1.15. The quantitative estimate of drug-likeness (QED) is 0.754. The number of hydrogen-bond donors (Lipinski definition) is 1. The first-order valence-corrected chi connectivity index (χ1v) is 5.09. The van der Waals surface area contributed by atoms with Gasteiger partial charge in [0.2, 0.25) is 5.95 Å². The molecule has 0 aliphatic rings. The van der Waals surface area contributed by atoms with Crippen LogP contribution in [0.1, 0.15) is 10.5 Å². The molecule has 94 valence electrons. The van der Waals surface area contributed by atoms with Crippen LogP contribution >= 0.6 is 0 Å². The van der Waals surface area contributed by atoms with E-state index in [1.807, 2.05) is 0 Å². The van der Waals surface area contributed by atoms with Gasteiger partial charge in [-0.1, -0.05) is 6.07 Å². The molecule has 6 heteroatoms. The molecule has 1 rings (SSSR count). The molecule has 1 N–H and O–H groups in total. The fourth-order valence-corrected chi connectivity index (χ4v) is 1.37. The third-order valence-corrected chi connectivity index (χ3v) is 2.12. The summed E-state index contributed by atoms with van der Waals surface area (Å²) in [7, 11) is 2.97. The molecule has 0 spiro atoms. The highest BCUT2D eigenvalue weighted by Crippen LogP contribution is 2.02. The van der Waals surface area contributed by atoms with Crippen molar-refractivity contribution in [1.82, 2.24) is 9.88 Å². The van der Waals surface area contributed by atoms with Crippen molar-refractivity contribution in [2.24, 2.45) is 0 Å². The monoisotopic (exact) mass is 242 g/mol. The average Bonchev–Trinajstić information content (AvgIpc) is 2.28. The van der Waals surface area contributed by atoms with Gasteiger partial charge in [-0.05, 0) is 12.1 Å². The van der Waals surface area contributed by atoms with Crippen molar-refractivity contribution < 1.29 is 19.0 Å². The van der Waals surface area contributed by atoms with Crippen molar-refractivity contribution in [3.63, 3.8) is 0 Å². The summed E-state index contributed by atoms with van der Waals surface area (Å²) in [5.41, 5.74) is 0.0112. The van der Waals surface area contributed by atoms with Crippen molar-refractivity contribution in [1.29, 1.82) is 0 Å². The maximum Gasteiger partial charge on any atom is 0.272 e. The third-order valence-electron chi connectivity index (χ3n) is 2.12. The van der Waals surface area contributed by atoms with E-state index in [1.54, 1.807) is 0 Å². The zero-order chi connectivity index (χ0) is 12.8. The maximum absolute atomic E-state index is 12.8. The Bertz CT molecular complexity index is 387. The molecule has 0 saturated heterocycles. The molecule has 0 radical (unpaired) electrons. The molecular weight excluding hydrogens is 227 g/mol. The number of nitrogens with zero attached hydrogens (tertiary/aromatic N) is 2. The van der Waals surface area contributed by atoms with E-state index in [1.165, 1.54) is 31.2 Å². The Morgan fingerprint density at radius 1 is 1.65 bits per heavy atom. The Morgan fingerprint density at radius 2 is 2.35 bits per heavy atom. The van der Waals surface area contributed by atoms with E-state index < -0.39 is 18.0 Å². The normalized spacial score (nSPS) is 12.2. The second-order valence-electron chi connectivity index (χ2n) is 3.64. The average molecular weight is 242 g/mol. The van der Waals surface area contributed by atoms with Crippen LogP contribution in [0, 0.1) is 5.95 Å². The molecule has 1 atom stereocenters.